The molecule has 23 heavy (non-hydrogen) atoms. The molecule has 1 aliphatic rings. The molecule has 5 nitrogen and oxygen atoms in total. The van der Waals surface area contributed by atoms with Crippen LogP contribution in [-0.4, -0.2) is 22.4 Å². The van der Waals surface area contributed by atoms with Crippen LogP contribution in [0.5, 0.6) is 0 Å². The number of ether oxygens (including phenoxy) is 1. The number of benzene rings is 1. The molecule has 0 aliphatic carbocycles. The maximum Gasteiger partial charge on any atom is 0.282 e. The van der Waals surface area contributed by atoms with Crippen molar-refractivity contribution in [3.8, 4) is 0 Å². The topological polar surface area (TPSA) is 56.1 Å². The van der Waals surface area contributed by atoms with Gasteiger partial charge in [0.25, 0.3) is 5.56 Å². The van der Waals surface area contributed by atoms with E-state index >= 15 is 0 Å². The van der Waals surface area contributed by atoms with Crippen LogP contribution in [0.2, 0.25) is 0 Å². The number of rotatable bonds is 3. The number of hydrogen-bond acceptors (Lipinski definition) is 4. The van der Waals surface area contributed by atoms with Crippen molar-refractivity contribution in [3.63, 3.8) is 0 Å². The third-order valence-electron chi connectivity index (χ3n) is 3.78. The van der Waals surface area contributed by atoms with Crippen LogP contribution >= 0.6 is 15.9 Å². The van der Waals surface area contributed by atoms with Gasteiger partial charge in [0, 0.05) is 13.7 Å². The predicted molar refractivity (Wildman–Crippen MR) is 84.3 cm³/mol. The van der Waals surface area contributed by atoms with Crippen molar-refractivity contribution in [3.05, 3.63) is 56.4 Å². The van der Waals surface area contributed by atoms with Crippen LogP contribution in [0.25, 0.3) is 0 Å². The molecule has 8 heteroatoms. The van der Waals surface area contributed by atoms with Crippen LogP contribution in [0.3, 0.4) is 0 Å². The van der Waals surface area contributed by atoms with Gasteiger partial charge < -0.3 is 10.1 Å². The van der Waals surface area contributed by atoms with Crippen molar-refractivity contribution in [2.75, 3.05) is 11.9 Å². The van der Waals surface area contributed by atoms with Crippen LogP contribution in [0.1, 0.15) is 18.1 Å². The van der Waals surface area contributed by atoms with Gasteiger partial charge in [0.2, 0.25) is 0 Å². The number of aromatic nitrogens is 2. The quantitative estimate of drug-likeness (QED) is 0.882. The number of nitrogens with zero attached hydrogens (tertiary/aromatic N) is 2. The molecule has 2 heterocycles. The molecule has 2 atom stereocenters. The SMILES string of the molecule is Cn1ncc(NC2CCOC2c2ccc(F)c(F)c2)c(Br)c1=O. The highest BCUT2D eigenvalue weighted by Gasteiger charge is 2.31. The summed E-state index contributed by atoms with van der Waals surface area (Å²) in [5, 5.41) is 7.16. The predicted octanol–water partition coefficient (Wildman–Crippen LogP) is 2.76. The van der Waals surface area contributed by atoms with Gasteiger partial charge in [-0.1, -0.05) is 6.07 Å². The summed E-state index contributed by atoms with van der Waals surface area (Å²) in [5.74, 6) is -1.80. The van der Waals surface area contributed by atoms with E-state index in [-0.39, 0.29) is 11.6 Å². The Bertz CT molecular complexity index is 797. The van der Waals surface area contributed by atoms with E-state index in [1.54, 1.807) is 7.05 Å². The van der Waals surface area contributed by atoms with E-state index in [1.165, 1.54) is 16.9 Å². The van der Waals surface area contributed by atoms with Gasteiger partial charge in [0.15, 0.2) is 11.6 Å². The van der Waals surface area contributed by atoms with E-state index < -0.39 is 17.7 Å². The Kier molecular flexibility index (Phi) is 4.45. The highest BCUT2D eigenvalue weighted by molar-refractivity contribution is 9.10. The highest BCUT2D eigenvalue weighted by atomic mass is 79.9. The van der Waals surface area contributed by atoms with Gasteiger partial charge in [-0.25, -0.2) is 13.5 Å². The number of aryl methyl sites for hydroxylation is 1. The van der Waals surface area contributed by atoms with Gasteiger partial charge in [-0.15, -0.1) is 0 Å². The molecule has 0 spiro atoms. The summed E-state index contributed by atoms with van der Waals surface area (Å²) < 4.78 is 33.7. The first-order chi connectivity index (χ1) is 11.0. The minimum atomic E-state index is -0.909. The summed E-state index contributed by atoms with van der Waals surface area (Å²) in [6, 6.07) is 3.54. The molecule has 1 aromatic heterocycles. The van der Waals surface area contributed by atoms with Crippen LogP contribution in [0.15, 0.2) is 33.7 Å². The zero-order valence-electron chi connectivity index (χ0n) is 12.2. The van der Waals surface area contributed by atoms with Crippen LogP contribution in [0, 0.1) is 11.6 Å². The molecule has 0 radical (unpaired) electrons. The molecule has 1 aromatic carbocycles. The van der Waals surface area contributed by atoms with Gasteiger partial charge in [-0.2, -0.15) is 5.10 Å². The Balaban J connectivity index is 1.86. The van der Waals surface area contributed by atoms with Crippen molar-refractivity contribution in [1.29, 1.82) is 0 Å². The molecule has 0 bridgehead atoms. The summed E-state index contributed by atoms with van der Waals surface area (Å²) in [4.78, 5) is 11.9. The molecule has 3 rings (SSSR count). The van der Waals surface area contributed by atoms with Gasteiger partial charge >= 0.3 is 0 Å². The summed E-state index contributed by atoms with van der Waals surface area (Å²) >= 11 is 3.25. The second-order valence-electron chi connectivity index (χ2n) is 5.31. The Labute approximate surface area is 139 Å². The normalized spacial score (nSPS) is 20.7. The molecule has 0 amide bonds. The van der Waals surface area contributed by atoms with Crippen LogP contribution in [-0.2, 0) is 11.8 Å². The van der Waals surface area contributed by atoms with Gasteiger partial charge in [0.1, 0.15) is 10.6 Å². The Morgan fingerprint density at radius 2 is 2.17 bits per heavy atom. The van der Waals surface area contributed by atoms with Crippen LogP contribution < -0.4 is 10.9 Å². The summed E-state index contributed by atoms with van der Waals surface area (Å²) in [7, 11) is 1.56. The maximum atomic E-state index is 13.4. The Morgan fingerprint density at radius 3 is 2.91 bits per heavy atom. The van der Waals surface area contributed by atoms with Crippen molar-refractivity contribution in [2.45, 2.75) is 18.6 Å². The first kappa shape index (κ1) is 16.1. The van der Waals surface area contributed by atoms with Gasteiger partial charge in [-0.3, -0.25) is 4.79 Å². The van der Waals surface area contributed by atoms with Gasteiger partial charge in [0.05, 0.1) is 17.9 Å². The standard InChI is InChI=1S/C15H14BrF2N3O2/c1-21-15(22)13(16)12(7-19-21)20-11-4-5-23-14(11)8-2-3-9(17)10(18)6-8/h2-3,6-7,11,14,20H,4-5H2,1H3. The molecular weight excluding hydrogens is 372 g/mol. The van der Waals surface area contributed by atoms with E-state index in [0.717, 1.165) is 12.1 Å². The zero-order chi connectivity index (χ0) is 16.6. The molecule has 1 N–H and O–H groups in total. The third-order valence-corrected chi connectivity index (χ3v) is 4.55. The van der Waals surface area contributed by atoms with Crippen molar-refractivity contribution in [2.24, 2.45) is 7.05 Å². The van der Waals surface area contributed by atoms with Crippen LogP contribution in [0.4, 0.5) is 14.5 Å². The number of halogens is 3. The minimum Gasteiger partial charge on any atom is -0.377 e. The Morgan fingerprint density at radius 1 is 1.39 bits per heavy atom. The van der Waals surface area contributed by atoms with E-state index in [9.17, 15) is 13.6 Å². The van der Waals surface area contributed by atoms with E-state index in [2.05, 4.69) is 26.3 Å². The maximum absolute atomic E-state index is 13.4. The fourth-order valence-corrected chi connectivity index (χ4v) is 3.04. The second-order valence-corrected chi connectivity index (χ2v) is 6.10. The fraction of sp³-hybridized carbons (Fsp3) is 0.333. The summed E-state index contributed by atoms with van der Waals surface area (Å²) in [5.41, 5.74) is 0.821. The van der Waals surface area contributed by atoms with E-state index in [1.807, 2.05) is 0 Å². The molecule has 1 fully saturated rings. The number of hydrogen-bond donors (Lipinski definition) is 1. The van der Waals surface area contributed by atoms with E-state index in [0.29, 0.717) is 28.8 Å². The zero-order valence-corrected chi connectivity index (χ0v) is 13.8. The average Bonchev–Trinajstić information content (AvgIpc) is 2.99. The average molecular weight is 386 g/mol. The molecule has 2 unspecified atom stereocenters. The molecule has 122 valence electrons. The number of nitrogens with one attached hydrogen (secondary N) is 1. The molecule has 1 saturated heterocycles. The molecule has 0 saturated carbocycles. The first-order valence-electron chi connectivity index (χ1n) is 7.02. The van der Waals surface area contributed by atoms with E-state index in [4.69, 9.17) is 4.74 Å². The monoisotopic (exact) mass is 385 g/mol. The lowest BCUT2D eigenvalue weighted by molar-refractivity contribution is 0.107. The first-order valence-corrected chi connectivity index (χ1v) is 7.81. The Hall–Kier alpha value is -1.80. The van der Waals surface area contributed by atoms with Crippen molar-refractivity contribution < 1.29 is 13.5 Å². The largest absolute Gasteiger partial charge is 0.377 e. The lowest BCUT2D eigenvalue weighted by atomic mass is 10.0. The minimum absolute atomic E-state index is 0.176. The molecule has 1 aliphatic heterocycles. The highest BCUT2D eigenvalue weighted by Crippen LogP contribution is 2.33. The fourth-order valence-electron chi connectivity index (χ4n) is 2.57. The second kappa shape index (κ2) is 6.37. The lowest BCUT2D eigenvalue weighted by Crippen LogP contribution is -2.27. The molecular formula is C15H14BrF2N3O2. The summed E-state index contributed by atoms with van der Waals surface area (Å²) in [6.45, 7) is 0.483. The smallest absolute Gasteiger partial charge is 0.282 e. The summed E-state index contributed by atoms with van der Waals surface area (Å²) in [6.07, 6.45) is 1.78. The molecule has 2 aromatic rings. The van der Waals surface area contributed by atoms with Gasteiger partial charge in [-0.05, 0) is 40.0 Å². The van der Waals surface area contributed by atoms with Crippen molar-refractivity contribution >= 4 is 21.6 Å². The number of anilines is 1. The lowest BCUT2D eigenvalue weighted by Gasteiger charge is -2.21. The van der Waals surface area contributed by atoms with Crippen molar-refractivity contribution in [1.82, 2.24) is 9.78 Å². The third kappa shape index (κ3) is 3.13.